The minimum atomic E-state index is 0.657. The van der Waals surface area contributed by atoms with Crippen molar-refractivity contribution in [2.75, 3.05) is 26.1 Å². The average Bonchev–Trinajstić information content (AvgIpc) is 2.89. The zero-order valence-electron chi connectivity index (χ0n) is 13.8. The van der Waals surface area contributed by atoms with Crippen LogP contribution in [0.2, 0.25) is 0 Å². The van der Waals surface area contributed by atoms with Crippen LogP contribution in [0.5, 0.6) is 11.5 Å². The number of benzene rings is 1. The first-order valence-corrected chi connectivity index (χ1v) is 8.02. The number of nitrogens with zero attached hydrogens (tertiary/aromatic N) is 1. The molecule has 1 aromatic carbocycles. The molecule has 0 bridgehead atoms. The molecular formula is C18H24N2O2. The lowest BCUT2D eigenvalue weighted by molar-refractivity contribution is 0.295. The topological polar surface area (TPSA) is 43.4 Å². The van der Waals surface area contributed by atoms with Gasteiger partial charge in [0, 0.05) is 29.9 Å². The molecule has 0 saturated carbocycles. The van der Waals surface area contributed by atoms with Crippen molar-refractivity contribution in [2.45, 2.75) is 33.1 Å². The molecule has 1 atom stereocenters. The highest BCUT2D eigenvalue weighted by atomic mass is 16.5. The van der Waals surface area contributed by atoms with Crippen LogP contribution >= 0.6 is 0 Å². The fourth-order valence-corrected chi connectivity index (χ4v) is 3.27. The van der Waals surface area contributed by atoms with Crippen molar-refractivity contribution in [1.29, 1.82) is 0 Å². The number of fused-ring (bicyclic) bond motifs is 2. The Hall–Kier alpha value is -1.97. The number of anilines is 1. The predicted octanol–water partition coefficient (Wildman–Crippen LogP) is 3.81. The first-order valence-electron chi connectivity index (χ1n) is 8.02. The van der Waals surface area contributed by atoms with E-state index >= 15 is 0 Å². The third kappa shape index (κ3) is 2.47. The molecule has 0 fully saturated rings. The molecule has 0 saturated heterocycles. The molecule has 1 unspecified atom stereocenters. The third-order valence-electron chi connectivity index (χ3n) is 4.26. The number of hydrogen-bond donors (Lipinski definition) is 1. The second kappa shape index (κ2) is 6.03. The maximum Gasteiger partial charge on any atom is 0.163 e. The molecule has 1 heterocycles. The molecule has 0 spiro atoms. The molecule has 4 nitrogen and oxygen atoms in total. The van der Waals surface area contributed by atoms with E-state index in [4.69, 9.17) is 14.5 Å². The zero-order chi connectivity index (χ0) is 15.7. The SMILES string of the molecule is CCCOc1cc2nc3c(c(NC)c2cc1OC)CC(C)C3. The molecule has 3 rings (SSSR count). The lowest BCUT2D eigenvalue weighted by atomic mass is 10.1. The number of aromatic nitrogens is 1. The zero-order valence-corrected chi connectivity index (χ0v) is 13.8. The second-order valence-electron chi connectivity index (χ2n) is 6.04. The smallest absolute Gasteiger partial charge is 0.163 e. The van der Waals surface area contributed by atoms with Gasteiger partial charge in [0.25, 0.3) is 0 Å². The summed E-state index contributed by atoms with van der Waals surface area (Å²) in [6.07, 6.45) is 3.11. The van der Waals surface area contributed by atoms with Crippen molar-refractivity contribution < 1.29 is 9.47 Å². The van der Waals surface area contributed by atoms with Gasteiger partial charge in [-0.15, -0.1) is 0 Å². The van der Waals surface area contributed by atoms with Crippen LogP contribution in [-0.4, -0.2) is 25.7 Å². The molecule has 1 N–H and O–H groups in total. The van der Waals surface area contributed by atoms with E-state index in [0.29, 0.717) is 12.5 Å². The van der Waals surface area contributed by atoms with Gasteiger partial charge in [0.1, 0.15) is 0 Å². The lowest BCUT2D eigenvalue weighted by Crippen LogP contribution is -2.02. The molecule has 0 aliphatic heterocycles. The van der Waals surface area contributed by atoms with Gasteiger partial charge in [0.05, 0.1) is 19.2 Å². The van der Waals surface area contributed by atoms with Gasteiger partial charge >= 0.3 is 0 Å². The number of ether oxygens (including phenoxy) is 2. The van der Waals surface area contributed by atoms with Crippen molar-refractivity contribution in [3.8, 4) is 11.5 Å². The van der Waals surface area contributed by atoms with Crippen molar-refractivity contribution in [3.05, 3.63) is 23.4 Å². The summed E-state index contributed by atoms with van der Waals surface area (Å²) in [7, 11) is 3.66. The minimum Gasteiger partial charge on any atom is -0.493 e. The minimum absolute atomic E-state index is 0.657. The Morgan fingerprint density at radius 2 is 2.09 bits per heavy atom. The van der Waals surface area contributed by atoms with Gasteiger partial charge in [-0.25, -0.2) is 0 Å². The summed E-state index contributed by atoms with van der Waals surface area (Å²) in [4.78, 5) is 4.88. The highest BCUT2D eigenvalue weighted by Crippen LogP contribution is 2.40. The molecule has 2 aromatic rings. The normalized spacial score (nSPS) is 16.6. The first-order chi connectivity index (χ1) is 10.7. The summed E-state index contributed by atoms with van der Waals surface area (Å²) in [5.74, 6) is 2.20. The van der Waals surface area contributed by atoms with Crippen molar-refractivity contribution >= 4 is 16.6 Å². The van der Waals surface area contributed by atoms with Gasteiger partial charge < -0.3 is 14.8 Å². The van der Waals surface area contributed by atoms with E-state index < -0.39 is 0 Å². The summed E-state index contributed by atoms with van der Waals surface area (Å²) < 4.78 is 11.3. The van der Waals surface area contributed by atoms with Gasteiger partial charge in [-0.3, -0.25) is 4.98 Å². The number of hydrogen-bond acceptors (Lipinski definition) is 4. The summed E-state index contributed by atoms with van der Waals surface area (Å²) in [6, 6.07) is 4.05. The molecule has 118 valence electrons. The van der Waals surface area contributed by atoms with Crippen molar-refractivity contribution in [1.82, 2.24) is 4.98 Å². The first kappa shape index (κ1) is 14.9. The highest BCUT2D eigenvalue weighted by molar-refractivity contribution is 5.95. The van der Waals surface area contributed by atoms with Crippen molar-refractivity contribution in [2.24, 2.45) is 5.92 Å². The van der Waals surface area contributed by atoms with E-state index in [0.717, 1.165) is 41.7 Å². The van der Waals surface area contributed by atoms with E-state index in [2.05, 4.69) is 19.2 Å². The Labute approximate surface area is 131 Å². The molecule has 4 heteroatoms. The maximum atomic E-state index is 5.81. The largest absolute Gasteiger partial charge is 0.493 e. The van der Waals surface area contributed by atoms with Crippen LogP contribution in [0.1, 0.15) is 31.5 Å². The molecule has 1 aromatic heterocycles. The molecule has 1 aliphatic carbocycles. The van der Waals surface area contributed by atoms with E-state index in [-0.39, 0.29) is 0 Å². The van der Waals surface area contributed by atoms with Gasteiger partial charge in [-0.2, -0.15) is 0 Å². The fourth-order valence-electron chi connectivity index (χ4n) is 3.27. The summed E-state index contributed by atoms with van der Waals surface area (Å²) in [5, 5.41) is 4.48. The predicted molar refractivity (Wildman–Crippen MR) is 90.2 cm³/mol. The summed E-state index contributed by atoms with van der Waals surface area (Å²) in [6.45, 7) is 5.06. The Morgan fingerprint density at radius 1 is 1.27 bits per heavy atom. The van der Waals surface area contributed by atoms with Gasteiger partial charge in [-0.05, 0) is 36.8 Å². The van der Waals surface area contributed by atoms with E-state index in [1.54, 1.807) is 7.11 Å². The van der Waals surface area contributed by atoms with Crippen molar-refractivity contribution in [3.63, 3.8) is 0 Å². The summed E-state index contributed by atoms with van der Waals surface area (Å²) >= 11 is 0. The van der Waals surface area contributed by atoms with Crippen LogP contribution in [0.25, 0.3) is 10.9 Å². The highest BCUT2D eigenvalue weighted by Gasteiger charge is 2.24. The van der Waals surface area contributed by atoms with Crippen LogP contribution in [-0.2, 0) is 12.8 Å². The average molecular weight is 300 g/mol. The number of nitrogens with one attached hydrogen (secondary N) is 1. The Bertz CT molecular complexity index is 697. The fraction of sp³-hybridized carbons (Fsp3) is 0.500. The lowest BCUT2D eigenvalue weighted by Gasteiger charge is -2.15. The van der Waals surface area contributed by atoms with Gasteiger partial charge in [0.15, 0.2) is 11.5 Å². The molecule has 0 amide bonds. The Balaban J connectivity index is 2.18. The Kier molecular flexibility index (Phi) is 4.10. The van der Waals surface area contributed by atoms with E-state index in [1.807, 2.05) is 19.2 Å². The molecule has 1 aliphatic rings. The van der Waals surface area contributed by atoms with E-state index in [9.17, 15) is 0 Å². The standard InChI is InChI=1S/C18H24N2O2/c1-5-6-22-17-10-15-13(9-16(17)21-4)18(19-3)12-7-11(2)8-14(12)20-15/h9-11H,5-8H2,1-4H3,(H,19,20). The maximum absolute atomic E-state index is 5.81. The molecular weight excluding hydrogens is 276 g/mol. The third-order valence-corrected chi connectivity index (χ3v) is 4.26. The van der Waals surface area contributed by atoms with Gasteiger partial charge in [-0.1, -0.05) is 13.8 Å². The van der Waals surface area contributed by atoms with Crippen LogP contribution < -0.4 is 14.8 Å². The quantitative estimate of drug-likeness (QED) is 0.912. The van der Waals surface area contributed by atoms with Crippen LogP contribution in [0.15, 0.2) is 12.1 Å². The second-order valence-corrected chi connectivity index (χ2v) is 6.04. The monoisotopic (exact) mass is 300 g/mol. The number of pyridine rings is 1. The van der Waals surface area contributed by atoms with Crippen LogP contribution in [0, 0.1) is 5.92 Å². The number of rotatable bonds is 5. The molecule has 22 heavy (non-hydrogen) atoms. The van der Waals surface area contributed by atoms with Gasteiger partial charge in [0.2, 0.25) is 0 Å². The molecule has 0 radical (unpaired) electrons. The van der Waals surface area contributed by atoms with Crippen LogP contribution in [0.3, 0.4) is 0 Å². The summed E-state index contributed by atoms with van der Waals surface area (Å²) in [5.41, 5.74) is 4.73. The van der Waals surface area contributed by atoms with E-state index in [1.165, 1.54) is 16.9 Å². The Morgan fingerprint density at radius 3 is 2.77 bits per heavy atom. The van der Waals surface area contributed by atoms with Crippen LogP contribution in [0.4, 0.5) is 5.69 Å². The number of methoxy groups -OCH3 is 1.